The average molecular weight is 426 g/mol. The molecule has 2 rings (SSSR count). The molecule has 168 valence electrons. The summed E-state index contributed by atoms with van der Waals surface area (Å²) in [6.07, 6.45) is 2.65. The average Bonchev–Trinajstić information content (AvgIpc) is 2.79. The quantitative estimate of drug-likeness (QED) is 0.315. The number of nitrogens with two attached hydrogens (primary N) is 1. The first-order valence-electron chi connectivity index (χ1n) is 10.8. The topological polar surface area (TPSA) is 108 Å². The first kappa shape index (κ1) is 24.5. The second kappa shape index (κ2) is 13.5. The van der Waals surface area contributed by atoms with E-state index in [2.05, 4.69) is 21.3 Å². The molecule has 0 heterocycles. The molecule has 0 spiro atoms. The predicted octanol–water partition coefficient (Wildman–Crippen LogP) is 1.79. The molecule has 0 bridgehead atoms. The van der Waals surface area contributed by atoms with E-state index in [0.717, 1.165) is 30.5 Å². The fourth-order valence-electron chi connectivity index (χ4n) is 3.35. The maximum absolute atomic E-state index is 12.9. The molecule has 0 fully saturated rings. The Morgan fingerprint density at radius 3 is 2.19 bits per heavy atom. The van der Waals surface area contributed by atoms with E-state index in [-0.39, 0.29) is 11.8 Å². The third-order valence-electron chi connectivity index (χ3n) is 5.13. The normalized spacial score (nSPS) is 12.7. The van der Waals surface area contributed by atoms with Gasteiger partial charge in [-0.2, -0.15) is 0 Å². The summed E-state index contributed by atoms with van der Waals surface area (Å²) in [6, 6.07) is 16.4. The zero-order valence-electron chi connectivity index (χ0n) is 18.5. The highest BCUT2D eigenvalue weighted by atomic mass is 16.2. The Balaban J connectivity index is 2.03. The molecule has 2 amide bonds. The van der Waals surface area contributed by atoms with Crippen molar-refractivity contribution in [2.45, 2.75) is 44.3 Å². The molecule has 2 aromatic carbocycles. The molecule has 6 N–H and O–H groups in total. The molecular weight excluding hydrogens is 390 g/mol. The lowest BCUT2D eigenvalue weighted by atomic mass is 10.0. The van der Waals surface area contributed by atoms with E-state index < -0.39 is 12.1 Å². The second-order valence-corrected chi connectivity index (χ2v) is 7.59. The predicted molar refractivity (Wildman–Crippen MR) is 126 cm³/mol. The van der Waals surface area contributed by atoms with Crippen molar-refractivity contribution >= 4 is 17.5 Å². The van der Waals surface area contributed by atoms with E-state index in [9.17, 15) is 9.59 Å². The molecule has 0 radical (unpaired) electrons. The van der Waals surface area contributed by atoms with Crippen LogP contribution in [0.1, 0.15) is 30.4 Å². The Morgan fingerprint density at radius 2 is 1.58 bits per heavy atom. The van der Waals surface area contributed by atoms with Crippen molar-refractivity contribution in [3.8, 4) is 0 Å². The molecule has 0 aliphatic carbocycles. The van der Waals surface area contributed by atoms with E-state index in [1.165, 1.54) is 0 Å². The van der Waals surface area contributed by atoms with E-state index in [1.54, 1.807) is 7.05 Å². The van der Waals surface area contributed by atoms with Gasteiger partial charge in [-0.25, -0.2) is 0 Å². The largest absolute Gasteiger partial charge is 0.343 e. The molecule has 2 atom stereocenters. The van der Waals surface area contributed by atoms with Crippen LogP contribution in [0.15, 0.2) is 54.6 Å². The zero-order chi connectivity index (χ0) is 22.5. The van der Waals surface area contributed by atoms with Crippen LogP contribution in [0.3, 0.4) is 0 Å². The Morgan fingerprint density at radius 1 is 0.871 bits per heavy atom. The standard InChI is InChI=1S/C24H35N5O2/c1-26-17-19-11-13-20(14-12-19)28-23(30)21(10-6-7-15-25)29-24(31)22(27-2)16-18-8-4-3-5-9-18/h3-5,8-9,11-14,21-22,26-27H,6-7,10,15-17,25H2,1-2H3,(H,28,30)(H,29,31)/t21-,22-/m0/s1. The molecule has 0 saturated heterocycles. The third-order valence-corrected chi connectivity index (χ3v) is 5.13. The molecule has 7 heteroatoms. The molecule has 31 heavy (non-hydrogen) atoms. The van der Waals surface area contributed by atoms with Gasteiger partial charge in [0.15, 0.2) is 0 Å². The Kier molecular flexibility index (Phi) is 10.7. The maximum atomic E-state index is 12.9. The van der Waals surface area contributed by atoms with Gasteiger partial charge in [0, 0.05) is 12.2 Å². The van der Waals surface area contributed by atoms with Crippen LogP contribution in [0.2, 0.25) is 0 Å². The summed E-state index contributed by atoms with van der Waals surface area (Å²) in [5.74, 6) is -0.412. The van der Waals surface area contributed by atoms with Gasteiger partial charge in [0.25, 0.3) is 0 Å². The second-order valence-electron chi connectivity index (χ2n) is 7.59. The summed E-state index contributed by atoms with van der Waals surface area (Å²) < 4.78 is 0. The monoisotopic (exact) mass is 425 g/mol. The third kappa shape index (κ3) is 8.49. The van der Waals surface area contributed by atoms with Crippen molar-refractivity contribution < 1.29 is 9.59 Å². The summed E-state index contributed by atoms with van der Waals surface area (Å²) >= 11 is 0. The van der Waals surface area contributed by atoms with Gasteiger partial charge in [-0.05, 0) is 69.6 Å². The number of unbranched alkanes of at least 4 members (excludes halogenated alkanes) is 1. The molecular formula is C24H35N5O2. The Hall–Kier alpha value is -2.74. The lowest BCUT2D eigenvalue weighted by molar-refractivity contribution is -0.128. The van der Waals surface area contributed by atoms with Crippen LogP contribution < -0.4 is 27.0 Å². The molecule has 0 aliphatic heterocycles. The highest BCUT2D eigenvalue weighted by molar-refractivity contribution is 5.97. The van der Waals surface area contributed by atoms with Gasteiger partial charge in [0.2, 0.25) is 11.8 Å². The van der Waals surface area contributed by atoms with Crippen LogP contribution >= 0.6 is 0 Å². The molecule has 0 aromatic heterocycles. The summed E-state index contributed by atoms with van der Waals surface area (Å²) in [4.78, 5) is 25.8. The number of hydrogen-bond acceptors (Lipinski definition) is 5. The fraction of sp³-hybridized carbons (Fsp3) is 0.417. The van der Waals surface area contributed by atoms with Gasteiger partial charge < -0.3 is 27.0 Å². The molecule has 0 aliphatic rings. The summed E-state index contributed by atoms with van der Waals surface area (Å²) in [7, 11) is 3.64. The van der Waals surface area contributed by atoms with E-state index in [4.69, 9.17) is 5.73 Å². The smallest absolute Gasteiger partial charge is 0.246 e. The summed E-state index contributed by atoms with van der Waals surface area (Å²) in [5.41, 5.74) is 8.50. The number of hydrogen-bond donors (Lipinski definition) is 5. The summed E-state index contributed by atoms with van der Waals surface area (Å²) in [6.45, 7) is 1.32. The Labute approximate surface area is 185 Å². The minimum Gasteiger partial charge on any atom is -0.343 e. The van der Waals surface area contributed by atoms with E-state index >= 15 is 0 Å². The van der Waals surface area contributed by atoms with E-state index in [0.29, 0.717) is 25.1 Å². The number of carbonyl (C=O) groups is 2. The Bertz CT molecular complexity index is 795. The molecule has 2 aromatic rings. The highest BCUT2D eigenvalue weighted by Gasteiger charge is 2.25. The van der Waals surface area contributed by atoms with Crippen LogP contribution in [0.25, 0.3) is 0 Å². The van der Waals surface area contributed by atoms with Crippen molar-refractivity contribution in [3.05, 3.63) is 65.7 Å². The van der Waals surface area contributed by atoms with Gasteiger partial charge >= 0.3 is 0 Å². The number of nitrogens with one attached hydrogen (secondary N) is 4. The number of anilines is 1. The first-order valence-corrected chi connectivity index (χ1v) is 10.8. The fourth-order valence-corrected chi connectivity index (χ4v) is 3.35. The number of amides is 2. The van der Waals surface area contributed by atoms with Crippen LogP contribution in [-0.4, -0.2) is 44.5 Å². The van der Waals surface area contributed by atoms with Crippen molar-refractivity contribution in [3.63, 3.8) is 0 Å². The first-order chi connectivity index (χ1) is 15.1. The van der Waals surface area contributed by atoms with Gasteiger partial charge in [0.05, 0.1) is 6.04 Å². The van der Waals surface area contributed by atoms with Gasteiger partial charge in [-0.15, -0.1) is 0 Å². The van der Waals surface area contributed by atoms with E-state index in [1.807, 2.05) is 61.6 Å². The van der Waals surface area contributed by atoms with Gasteiger partial charge in [-0.3, -0.25) is 9.59 Å². The zero-order valence-corrected chi connectivity index (χ0v) is 18.5. The van der Waals surface area contributed by atoms with Crippen molar-refractivity contribution in [2.75, 3.05) is 26.0 Å². The summed E-state index contributed by atoms with van der Waals surface area (Å²) in [5, 5.41) is 12.0. The minimum atomic E-state index is -0.623. The number of likely N-dealkylation sites (N-methyl/N-ethyl adjacent to an activating group) is 1. The lowest BCUT2D eigenvalue weighted by Crippen LogP contribution is -2.51. The SMILES string of the molecule is CNCc1ccc(NC(=O)[C@H](CCCCN)NC(=O)[C@H](Cc2ccccc2)NC)cc1. The van der Waals surface area contributed by atoms with Crippen LogP contribution in [0.4, 0.5) is 5.69 Å². The number of carbonyl (C=O) groups excluding carboxylic acids is 2. The highest BCUT2D eigenvalue weighted by Crippen LogP contribution is 2.12. The van der Waals surface area contributed by atoms with Gasteiger partial charge in [-0.1, -0.05) is 42.5 Å². The van der Waals surface area contributed by atoms with Crippen LogP contribution in [-0.2, 0) is 22.6 Å². The maximum Gasteiger partial charge on any atom is 0.246 e. The van der Waals surface area contributed by atoms with Crippen molar-refractivity contribution in [1.82, 2.24) is 16.0 Å². The van der Waals surface area contributed by atoms with Crippen LogP contribution in [0, 0.1) is 0 Å². The molecule has 0 saturated carbocycles. The number of rotatable bonds is 13. The molecule has 0 unspecified atom stereocenters. The lowest BCUT2D eigenvalue weighted by Gasteiger charge is -2.22. The van der Waals surface area contributed by atoms with Crippen molar-refractivity contribution in [2.24, 2.45) is 5.73 Å². The minimum absolute atomic E-state index is 0.191. The van der Waals surface area contributed by atoms with Crippen molar-refractivity contribution in [1.29, 1.82) is 0 Å². The molecule has 7 nitrogen and oxygen atoms in total. The van der Waals surface area contributed by atoms with Gasteiger partial charge in [0.1, 0.15) is 6.04 Å². The number of benzene rings is 2. The van der Waals surface area contributed by atoms with Crippen LogP contribution in [0.5, 0.6) is 0 Å².